The van der Waals surface area contributed by atoms with Crippen LogP contribution >= 0.6 is 0 Å². The van der Waals surface area contributed by atoms with Crippen LogP contribution in [-0.2, 0) is 14.8 Å². The molecule has 0 saturated heterocycles. The van der Waals surface area contributed by atoms with Crippen molar-refractivity contribution in [3.05, 3.63) is 11.9 Å². The molecule has 1 heterocycles. The van der Waals surface area contributed by atoms with Crippen molar-refractivity contribution in [2.24, 2.45) is 5.73 Å². The Morgan fingerprint density at radius 1 is 1.56 bits per heavy atom. The van der Waals surface area contributed by atoms with Gasteiger partial charge in [-0.3, -0.25) is 9.89 Å². The average molecular weight is 274 g/mol. The van der Waals surface area contributed by atoms with Crippen LogP contribution in [0.1, 0.15) is 25.5 Å². The minimum atomic E-state index is -3.72. The van der Waals surface area contributed by atoms with E-state index in [1.807, 2.05) is 6.92 Å². The second-order valence-electron chi connectivity index (χ2n) is 4.02. The van der Waals surface area contributed by atoms with E-state index in [0.29, 0.717) is 12.1 Å². The molecule has 7 nitrogen and oxygen atoms in total. The number of nitrogens with zero attached hydrogens (tertiary/aromatic N) is 2. The van der Waals surface area contributed by atoms with Crippen LogP contribution in [0.2, 0.25) is 0 Å². The molecular weight excluding hydrogens is 256 g/mol. The lowest BCUT2D eigenvalue weighted by Gasteiger charge is -2.19. The molecule has 0 aliphatic heterocycles. The van der Waals surface area contributed by atoms with Crippen molar-refractivity contribution in [3.63, 3.8) is 0 Å². The van der Waals surface area contributed by atoms with Gasteiger partial charge in [-0.2, -0.15) is 9.40 Å². The van der Waals surface area contributed by atoms with Crippen LogP contribution in [0.5, 0.6) is 0 Å². The summed E-state index contributed by atoms with van der Waals surface area (Å²) < 4.78 is 25.7. The molecule has 1 amide bonds. The number of amides is 1. The molecule has 0 radical (unpaired) electrons. The molecule has 1 aromatic heterocycles. The van der Waals surface area contributed by atoms with Gasteiger partial charge in [-0.05, 0) is 13.3 Å². The van der Waals surface area contributed by atoms with Crippen LogP contribution in [0.25, 0.3) is 0 Å². The van der Waals surface area contributed by atoms with E-state index in [1.54, 1.807) is 6.92 Å². The van der Waals surface area contributed by atoms with Gasteiger partial charge in [-0.1, -0.05) is 13.3 Å². The predicted molar refractivity (Wildman–Crippen MR) is 66.2 cm³/mol. The number of unbranched alkanes of at least 4 members (excludes halogenated alkanes) is 1. The summed E-state index contributed by atoms with van der Waals surface area (Å²) in [5, 5.41) is 6.25. The van der Waals surface area contributed by atoms with Crippen molar-refractivity contribution in [1.29, 1.82) is 0 Å². The normalized spacial score (nSPS) is 11.9. The van der Waals surface area contributed by atoms with Crippen LogP contribution in [0, 0.1) is 6.92 Å². The third-order valence-electron chi connectivity index (χ3n) is 2.49. The zero-order chi connectivity index (χ0) is 13.8. The fourth-order valence-electron chi connectivity index (χ4n) is 1.53. The van der Waals surface area contributed by atoms with Crippen LogP contribution < -0.4 is 5.73 Å². The monoisotopic (exact) mass is 274 g/mol. The van der Waals surface area contributed by atoms with Crippen molar-refractivity contribution in [2.45, 2.75) is 31.6 Å². The third kappa shape index (κ3) is 3.30. The number of carbonyl (C=O) groups excluding carboxylic acids is 1. The van der Waals surface area contributed by atoms with Gasteiger partial charge in [0.15, 0.2) is 0 Å². The number of primary amides is 1. The molecule has 0 aliphatic carbocycles. The first-order valence-electron chi connectivity index (χ1n) is 5.68. The highest BCUT2D eigenvalue weighted by atomic mass is 32.2. The number of aromatic nitrogens is 2. The lowest BCUT2D eigenvalue weighted by Crippen LogP contribution is -2.39. The number of rotatable bonds is 7. The first-order valence-corrected chi connectivity index (χ1v) is 7.12. The Morgan fingerprint density at radius 2 is 2.22 bits per heavy atom. The fraction of sp³-hybridized carbons (Fsp3) is 0.600. The first-order chi connectivity index (χ1) is 8.39. The van der Waals surface area contributed by atoms with E-state index < -0.39 is 15.9 Å². The van der Waals surface area contributed by atoms with Gasteiger partial charge < -0.3 is 5.73 Å². The Bertz CT molecular complexity index is 509. The van der Waals surface area contributed by atoms with Gasteiger partial charge in [-0.15, -0.1) is 0 Å². The molecule has 0 aliphatic rings. The first kappa shape index (κ1) is 14.7. The summed E-state index contributed by atoms with van der Waals surface area (Å²) in [5.74, 6) is -0.671. The van der Waals surface area contributed by atoms with Gasteiger partial charge in [0, 0.05) is 6.54 Å². The van der Waals surface area contributed by atoms with E-state index >= 15 is 0 Å². The van der Waals surface area contributed by atoms with Crippen LogP contribution in [0.4, 0.5) is 0 Å². The van der Waals surface area contributed by atoms with Crippen LogP contribution in [0.15, 0.2) is 11.1 Å². The molecule has 102 valence electrons. The molecular formula is C10H18N4O3S. The number of sulfonamides is 1. The van der Waals surface area contributed by atoms with E-state index in [0.717, 1.165) is 10.7 Å². The average Bonchev–Trinajstić information content (AvgIpc) is 2.70. The Balaban J connectivity index is 3.03. The van der Waals surface area contributed by atoms with E-state index in [9.17, 15) is 13.2 Å². The second-order valence-corrected chi connectivity index (χ2v) is 5.92. The Hall–Kier alpha value is -1.41. The number of hydrogen-bond acceptors (Lipinski definition) is 4. The van der Waals surface area contributed by atoms with Gasteiger partial charge in [0.05, 0.1) is 18.4 Å². The molecule has 0 atom stereocenters. The quantitative estimate of drug-likeness (QED) is 0.729. The van der Waals surface area contributed by atoms with Gasteiger partial charge >= 0.3 is 0 Å². The van der Waals surface area contributed by atoms with Gasteiger partial charge in [0.2, 0.25) is 15.9 Å². The highest BCUT2D eigenvalue weighted by Crippen LogP contribution is 2.17. The molecule has 0 saturated carbocycles. The van der Waals surface area contributed by atoms with E-state index in [-0.39, 0.29) is 18.0 Å². The minimum absolute atomic E-state index is 0.0832. The summed E-state index contributed by atoms with van der Waals surface area (Å²) in [5.41, 5.74) is 5.53. The maximum absolute atomic E-state index is 12.3. The summed E-state index contributed by atoms with van der Waals surface area (Å²) in [6.45, 7) is 3.51. The lowest BCUT2D eigenvalue weighted by atomic mass is 10.3. The van der Waals surface area contributed by atoms with Crippen LogP contribution in [-0.4, -0.2) is 41.9 Å². The molecule has 0 unspecified atom stereocenters. The molecule has 1 aromatic rings. The van der Waals surface area contributed by atoms with Crippen molar-refractivity contribution in [1.82, 2.24) is 14.5 Å². The molecule has 8 heteroatoms. The lowest BCUT2D eigenvalue weighted by molar-refractivity contribution is -0.118. The highest BCUT2D eigenvalue weighted by Gasteiger charge is 2.27. The second kappa shape index (κ2) is 5.96. The Kier molecular flexibility index (Phi) is 4.85. The Labute approximate surface area is 106 Å². The number of carbonyl (C=O) groups is 1. The van der Waals surface area contributed by atoms with Gasteiger partial charge in [0.25, 0.3) is 0 Å². The molecule has 0 spiro atoms. The molecule has 0 aromatic carbocycles. The van der Waals surface area contributed by atoms with Crippen molar-refractivity contribution < 1.29 is 13.2 Å². The zero-order valence-electron chi connectivity index (χ0n) is 10.5. The number of aryl methyl sites for hydroxylation is 1. The van der Waals surface area contributed by atoms with E-state index in [4.69, 9.17) is 5.73 Å². The summed E-state index contributed by atoms with van der Waals surface area (Å²) in [4.78, 5) is 11.0. The maximum Gasteiger partial charge on any atom is 0.246 e. The third-order valence-corrected chi connectivity index (χ3v) is 4.45. The van der Waals surface area contributed by atoms with Gasteiger partial charge in [-0.25, -0.2) is 8.42 Å². The van der Waals surface area contributed by atoms with Gasteiger partial charge in [0.1, 0.15) is 4.90 Å². The number of hydrogen-bond donors (Lipinski definition) is 2. The topological polar surface area (TPSA) is 109 Å². The van der Waals surface area contributed by atoms with E-state index in [2.05, 4.69) is 10.2 Å². The van der Waals surface area contributed by atoms with Crippen molar-refractivity contribution in [2.75, 3.05) is 13.1 Å². The Morgan fingerprint density at radius 3 is 2.67 bits per heavy atom. The standard InChI is InChI=1S/C10H18N4O3S/c1-3-4-5-14(7-10(11)15)18(16,17)9-6-12-13-8(9)2/h6H,3-5,7H2,1-2H3,(H2,11,15)(H,12,13). The fourth-order valence-corrected chi connectivity index (χ4v) is 3.09. The molecule has 0 bridgehead atoms. The molecule has 1 rings (SSSR count). The SMILES string of the molecule is CCCCN(CC(N)=O)S(=O)(=O)c1cn[nH]c1C. The molecule has 0 fully saturated rings. The smallest absolute Gasteiger partial charge is 0.246 e. The summed E-state index contributed by atoms with van der Waals surface area (Å²) >= 11 is 0. The zero-order valence-corrected chi connectivity index (χ0v) is 11.3. The maximum atomic E-state index is 12.3. The molecule has 18 heavy (non-hydrogen) atoms. The van der Waals surface area contributed by atoms with Crippen LogP contribution in [0.3, 0.4) is 0 Å². The largest absolute Gasteiger partial charge is 0.369 e. The number of aromatic amines is 1. The van der Waals surface area contributed by atoms with Crippen molar-refractivity contribution >= 4 is 15.9 Å². The number of nitrogens with one attached hydrogen (secondary N) is 1. The predicted octanol–water partition coefficient (Wildman–Crippen LogP) is -0.00578. The summed E-state index contributed by atoms with van der Waals surface area (Å²) in [6.07, 6.45) is 2.74. The van der Waals surface area contributed by atoms with Crippen molar-refractivity contribution in [3.8, 4) is 0 Å². The summed E-state index contributed by atoms with van der Waals surface area (Å²) in [6, 6.07) is 0. The number of nitrogens with two attached hydrogens (primary N) is 1. The highest BCUT2D eigenvalue weighted by molar-refractivity contribution is 7.89. The van der Waals surface area contributed by atoms with E-state index in [1.165, 1.54) is 6.20 Å². The number of H-pyrrole nitrogens is 1. The summed E-state index contributed by atoms with van der Waals surface area (Å²) in [7, 11) is -3.72. The minimum Gasteiger partial charge on any atom is -0.369 e. The molecule has 3 N–H and O–H groups in total.